The molecule has 76 valence electrons. The number of hydrogen-bond acceptors (Lipinski definition) is 3. The van der Waals surface area contributed by atoms with Crippen molar-refractivity contribution in [3.63, 3.8) is 0 Å². The lowest BCUT2D eigenvalue weighted by atomic mass is 10.1. The lowest BCUT2D eigenvalue weighted by Gasteiger charge is -2.00. The molecule has 0 saturated carbocycles. The number of nitrogens with zero attached hydrogens (tertiary/aromatic N) is 3. The van der Waals surface area contributed by atoms with Gasteiger partial charge in [-0.05, 0) is 13.0 Å². The minimum absolute atomic E-state index is 0.0984. The Labute approximate surface area is 87.6 Å². The zero-order valence-electron chi connectivity index (χ0n) is 8.64. The largest absolute Gasteiger partial charge is 0.314 e. The van der Waals surface area contributed by atoms with Gasteiger partial charge in [0.15, 0.2) is 0 Å². The third-order valence-electron chi connectivity index (χ3n) is 2.19. The molecule has 0 bridgehead atoms. The first kappa shape index (κ1) is 9.58. The maximum absolute atomic E-state index is 12.0. The maximum atomic E-state index is 12.0. The Morgan fingerprint density at radius 2 is 2.20 bits per heavy atom. The highest BCUT2D eigenvalue weighted by Crippen LogP contribution is 2.08. The summed E-state index contributed by atoms with van der Waals surface area (Å²) in [4.78, 5) is 12.0. The van der Waals surface area contributed by atoms with E-state index in [1.54, 1.807) is 17.7 Å². The van der Waals surface area contributed by atoms with Gasteiger partial charge < -0.3 is 4.57 Å². The Morgan fingerprint density at radius 1 is 1.40 bits per heavy atom. The molecule has 0 aliphatic carbocycles. The van der Waals surface area contributed by atoms with E-state index in [9.17, 15) is 4.79 Å². The zero-order valence-corrected chi connectivity index (χ0v) is 8.64. The summed E-state index contributed by atoms with van der Waals surface area (Å²) in [5.74, 6) is 0.263. The standard InChI is InChI=1S/C11H11N3O/c1-8-4-3-5-9(6-8)10(15)11-13-12-7-14(11)2/h3-7H,1-2H3. The average molecular weight is 201 g/mol. The molecule has 0 radical (unpaired) electrons. The van der Waals surface area contributed by atoms with Gasteiger partial charge in [0, 0.05) is 12.6 Å². The van der Waals surface area contributed by atoms with Crippen LogP contribution in [0.1, 0.15) is 21.7 Å². The SMILES string of the molecule is Cc1cccc(C(=O)c2nncn2C)c1. The molecule has 1 heterocycles. The van der Waals surface area contributed by atoms with E-state index in [0.29, 0.717) is 11.4 Å². The van der Waals surface area contributed by atoms with E-state index in [1.807, 2.05) is 25.1 Å². The number of aryl methyl sites for hydroxylation is 2. The minimum Gasteiger partial charge on any atom is -0.314 e. The molecule has 0 N–H and O–H groups in total. The summed E-state index contributed by atoms with van der Waals surface area (Å²) in [5.41, 5.74) is 1.70. The van der Waals surface area contributed by atoms with Crippen molar-refractivity contribution >= 4 is 5.78 Å². The van der Waals surface area contributed by atoms with Gasteiger partial charge in [0.05, 0.1) is 0 Å². The van der Waals surface area contributed by atoms with Crippen LogP contribution in [0.5, 0.6) is 0 Å². The molecule has 4 nitrogen and oxygen atoms in total. The molecule has 0 aliphatic rings. The molecule has 4 heteroatoms. The van der Waals surface area contributed by atoms with Gasteiger partial charge in [0.2, 0.25) is 11.6 Å². The number of benzene rings is 1. The normalized spacial score (nSPS) is 10.3. The topological polar surface area (TPSA) is 47.8 Å². The van der Waals surface area contributed by atoms with Crippen molar-refractivity contribution in [3.8, 4) is 0 Å². The van der Waals surface area contributed by atoms with Crippen molar-refractivity contribution in [1.82, 2.24) is 14.8 Å². The van der Waals surface area contributed by atoms with E-state index in [4.69, 9.17) is 0 Å². The van der Waals surface area contributed by atoms with Gasteiger partial charge in [0.1, 0.15) is 6.33 Å². The second kappa shape index (κ2) is 3.65. The number of carbonyl (C=O) groups is 1. The molecular formula is C11H11N3O. The van der Waals surface area contributed by atoms with Crippen molar-refractivity contribution in [2.75, 3.05) is 0 Å². The molecule has 0 atom stereocenters. The summed E-state index contributed by atoms with van der Waals surface area (Å²) >= 11 is 0. The van der Waals surface area contributed by atoms with Crippen LogP contribution in [0.15, 0.2) is 30.6 Å². The third-order valence-corrected chi connectivity index (χ3v) is 2.19. The van der Waals surface area contributed by atoms with E-state index >= 15 is 0 Å². The second-order valence-electron chi connectivity index (χ2n) is 3.46. The fourth-order valence-electron chi connectivity index (χ4n) is 1.40. The molecule has 2 rings (SSSR count). The fraction of sp³-hybridized carbons (Fsp3) is 0.182. The Kier molecular flexibility index (Phi) is 2.33. The van der Waals surface area contributed by atoms with Crippen LogP contribution in [0.2, 0.25) is 0 Å². The first-order chi connectivity index (χ1) is 7.18. The Bertz CT molecular complexity index is 502. The molecule has 0 unspecified atom stereocenters. The molecule has 1 aromatic carbocycles. The smallest absolute Gasteiger partial charge is 0.230 e. The first-order valence-corrected chi connectivity index (χ1v) is 4.64. The summed E-state index contributed by atoms with van der Waals surface area (Å²) in [6.45, 7) is 1.95. The first-order valence-electron chi connectivity index (χ1n) is 4.64. The van der Waals surface area contributed by atoms with Gasteiger partial charge >= 0.3 is 0 Å². The number of rotatable bonds is 2. The van der Waals surface area contributed by atoms with Crippen LogP contribution in [0.3, 0.4) is 0 Å². The van der Waals surface area contributed by atoms with E-state index in [-0.39, 0.29) is 5.78 Å². The molecular weight excluding hydrogens is 190 g/mol. The summed E-state index contributed by atoms with van der Waals surface area (Å²) < 4.78 is 1.62. The summed E-state index contributed by atoms with van der Waals surface area (Å²) in [7, 11) is 1.75. The molecule has 0 aliphatic heterocycles. The van der Waals surface area contributed by atoms with Crippen LogP contribution in [-0.2, 0) is 7.05 Å². The van der Waals surface area contributed by atoms with Gasteiger partial charge in [-0.25, -0.2) is 0 Å². The monoisotopic (exact) mass is 201 g/mol. The molecule has 0 amide bonds. The molecule has 0 fully saturated rings. The van der Waals surface area contributed by atoms with Gasteiger partial charge in [-0.1, -0.05) is 23.8 Å². The van der Waals surface area contributed by atoms with Crippen LogP contribution >= 0.6 is 0 Å². The number of hydrogen-bond donors (Lipinski definition) is 0. The van der Waals surface area contributed by atoms with E-state index in [2.05, 4.69) is 10.2 Å². The highest BCUT2D eigenvalue weighted by atomic mass is 16.1. The predicted molar refractivity (Wildman–Crippen MR) is 55.6 cm³/mol. The van der Waals surface area contributed by atoms with E-state index in [1.165, 1.54) is 6.33 Å². The summed E-state index contributed by atoms with van der Waals surface area (Å²) in [5, 5.41) is 7.47. The fourth-order valence-corrected chi connectivity index (χ4v) is 1.40. The summed E-state index contributed by atoms with van der Waals surface area (Å²) in [6.07, 6.45) is 1.52. The third kappa shape index (κ3) is 1.79. The Morgan fingerprint density at radius 3 is 2.80 bits per heavy atom. The molecule has 0 spiro atoms. The second-order valence-corrected chi connectivity index (χ2v) is 3.46. The highest BCUT2D eigenvalue weighted by molar-refractivity contribution is 6.06. The van der Waals surface area contributed by atoms with Crippen molar-refractivity contribution in [2.24, 2.45) is 7.05 Å². The summed E-state index contributed by atoms with van der Waals surface area (Å²) in [6, 6.07) is 7.44. The Balaban J connectivity index is 2.41. The lowest BCUT2D eigenvalue weighted by molar-refractivity contribution is 0.102. The van der Waals surface area contributed by atoms with Crippen LogP contribution in [-0.4, -0.2) is 20.5 Å². The number of ketones is 1. The van der Waals surface area contributed by atoms with Crippen LogP contribution < -0.4 is 0 Å². The van der Waals surface area contributed by atoms with E-state index < -0.39 is 0 Å². The minimum atomic E-state index is -0.0984. The van der Waals surface area contributed by atoms with Crippen LogP contribution in [0.4, 0.5) is 0 Å². The Hall–Kier alpha value is -1.97. The number of aromatic nitrogens is 3. The van der Waals surface area contributed by atoms with Gasteiger partial charge in [0.25, 0.3) is 0 Å². The zero-order chi connectivity index (χ0) is 10.8. The molecule has 1 aromatic heterocycles. The average Bonchev–Trinajstić information content (AvgIpc) is 2.63. The van der Waals surface area contributed by atoms with Crippen molar-refractivity contribution in [2.45, 2.75) is 6.92 Å². The van der Waals surface area contributed by atoms with Gasteiger partial charge in [-0.3, -0.25) is 4.79 Å². The quantitative estimate of drug-likeness (QED) is 0.689. The lowest BCUT2D eigenvalue weighted by Crippen LogP contribution is -2.08. The van der Waals surface area contributed by atoms with Crippen molar-refractivity contribution < 1.29 is 4.79 Å². The predicted octanol–water partition coefficient (Wildman–Crippen LogP) is 1.35. The molecule has 0 saturated heterocycles. The van der Waals surface area contributed by atoms with E-state index in [0.717, 1.165) is 5.56 Å². The molecule has 2 aromatic rings. The van der Waals surface area contributed by atoms with Gasteiger partial charge in [-0.2, -0.15) is 0 Å². The van der Waals surface area contributed by atoms with Gasteiger partial charge in [-0.15, -0.1) is 10.2 Å². The van der Waals surface area contributed by atoms with Crippen molar-refractivity contribution in [3.05, 3.63) is 47.5 Å². The molecule has 15 heavy (non-hydrogen) atoms. The highest BCUT2D eigenvalue weighted by Gasteiger charge is 2.13. The van der Waals surface area contributed by atoms with Crippen molar-refractivity contribution in [1.29, 1.82) is 0 Å². The maximum Gasteiger partial charge on any atom is 0.230 e. The van der Waals surface area contributed by atoms with Crippen LogP contribution in [0.25, 0.3) is 0 Å². The number of carbonyl (C=O) groups excluding carboxylic acids is 1. The van der Waals surface area contributed by atoms with Crippen LogP contribution in [0, 0.1) is 6.92 Å².